The summed E-state index contributed by atoms with van der Waals surface area (Å²) in [7, 11) is 0. The first-order valence-corrected chi connectivity index (χ1v) is 4.74. The quantitative estimate of drug-likeness (QED) is 0.364. The second kappa shape index (κ2) is 7.06. The van der Waals surface area contributed by atoms with Crippen molar-refractivity contribution in [3.8, 4) is 0 Å². The van der Waals surface area contributed by atoms with E-state index in [4.69, 9.17) is 11.1 Å². The molecule has 0 heterocycles. The molecule has 0 radical (unpaired) electrons. The Hall–Kier alpha value is -1.38. The Bertz CT molecular complexity index is 251. The SMILES string of the molecule is C=CC(=N)CCCCC(N)=NC(=C)C. The van der Waals surface area contributed by atoms with Gasteiger partial charge in [-0.1, -0.05) is 13.2 Å². The van der Waals surface area contributed by atoms with Gasteiger partial charge in [-0.2, -0.15) is 0 Å². The zero-order chi connectivity index (χ0) is 11.0. The van der Waals surface area contributed by atoms with E-state index in [0.29, 0.717) is 11.5 Å². The van der Waals surface area contributed by atoms with Crippen LogP contribution < -0.4 is 5.73 Å². The fourth-order valence-electron chi connectivity index (χ4n) is 1.02. The number of hydrogen-bond acceptors (Lipinski definition) is 2. The standard InChI is InChI=1S/C11H19N3/c1-4-10(12)7-5-6-8-11(13)14-9(2)3/h4,12H,1-2,5-8H2,3H3,(H2,13,14). The molecule has 0 rings (SSSR count). The van der Waals surface area contributed by atoms with Gasteiger partial charge in [0.2, 0.25) is 0 Å². The van der Waals surface area contributed by atoms with Crippen LogP contribution >= 0.6 is 0 Å². The smallest absolute Gasteiger partial charge is 0.0991 e. The predicted octanol–water partition coefficient (Wildman–Crippen LogP) is 2.64. The highest BCUT2D eigenvalue weighted by molar-refractivity contribution is 5.91. The van der Waals surface area contributed by atoms with E-state index in [1.165, 1.54) is 0 Å². The van der Waals surface area contributed by atoms with E-state index in [0.717, 1.165) is 31.4 Å². The van der Waals surface area contributed by atoms with Crippen LogP contribution in [0.25, 0.3) is 0 Å². The predicted molar refractivity (Wildman–Crippen MR) is 62.8 cm³/mol. The number of nitrogens with zero attached hydrogens (tertiary/aromatic N) is 1. The molecule has 78 valence electrons. The van der Waals surface area contributed by atoms with Crippen LogP contribution in [0.2, 0.25) is 0 Å². The molecule has 0 amide bonds. The molecule has 0 fully saturated rings. The molecule has 0 spiro atoms. The minimum atomic E-state index is 0.584. The monoisotopic (exact) mass is 193 g/mol. The molecule has 3 N–H and O–H groups in total. The van der Waals surface area contributed by atoms with Gasteiger partial charge in [0.15, 0.2) is 0 Å². The van der Waals surface area contributed by atoms with E-state index < -0.39 is 0 Å². The van der Waals surface area contributed by atoms with Crippen LogP contribution in [0.3, 0.4) is 0 Å². The highest BCUT2D eigenvalue weighted by Gasteiger charge is 1.95. The van der Waals surface area contributed by atoms with Crippen LogP contribution in [-0.2, 0) is 0 Å². The molecular weight excluding hydrogens is 174 g/mol. The molecule has 0 saturated carbocycles. The molecule has 0 aliphatic carbocycles. The Morgan fingerprint density at radius 3 is 2.50 bits per heavy atom. The van der Waals surface area contributed by atoms with Gasteiger partial charge in [0.1, 0.15) is 0 Å². The normalized spacial score (nSPS) is 11.1. The highest BCUT2D eigenvalue weighted by Crippen LogP contribution is 2.02. The first-order valence-electron chi connectivity index (χ1n) is 4.74. The largest absolute Gasteiger partial charge is 0.387 e. The Balaban J connectivity index is 3.59. The zero-order valence-electron chi connectivity index (χ0n) is 8.84. The van der Waals surface area contributed by atoms with Crippen LogP contribution in [0, 0.1) is 5.41 Å². The number of aliphatic imine (C=N–C) groups is 1. The summed E-state index contributed by atoms with van der Waals surface area (Å²) in [4.78, 5) is 4.04. The number of allylic oxidation sites excluding steroid dienone is 2. The van der Waals surface area contributed by atoms with E-state index in [9.17, 15) is 0 Å². The van der Waals surface area contributed by atoms with Gasteiger partial charge in [-0.05, 0) is 32.3 Å². The van der Waals surface area contributed by atoms with Crippen molar-refractivity contribution >= 4 is 11.5 Å². The summed E-state index contributed by atoms with van der Waals surface area (Å²) in [6, 6.07) is 0. The van der Waals surface area contributed by atoms with Gasteiger partial charge in [0.05, 0.1) is 5.84 Å². The van der Waals surface area contributed by atoms with Crippen LogP contribution in [0.1, 0.15) is 32.6 Å². The molecule has 0 unspecified atom stereocenters. The summed E-state index contributed by atoms with van der Waals surface area (Å²) in [5.41, 5.74) is 6.96. The maximum atomic E-state index is 7.34. The van der Waals surface area contributed by atoms with E-state index in [2.05, 4.69) is 18.2 Å². The molecule has 0 bridgehead atoms. The molecule has 0 aromatic rings. The van der Waals surface area contributed by atoms with Gasteiger partial charge in [-0.15, -0.1) is 0 Å². The third kappa shape index (κ3) is 7.28. The first kappa shape index (κ1) is 12.6. The summed E-state index contributed by atoms with van der Waals surface area (Å²) in [5.74, 6) is 0.627. The molecule has 3 heteroatoms. The van der Waals surface area contributed by atoms with Crippen molar-refractivity contribution in [2.45, 2.75) is 32.6 Å². The maximum Gasteiger partial charge on any atom is 0.0991 e. The topological polar surface area (TPSA) is 62.2 Å². The highest BCUT2D eigenvalue weighted by atomic mass is 14.8. The van der Waals surface area contributed by atoms with Crippen molar-refractivity contribution in [1.29, 1.82) is 5.41 Å². The fraction of sp³-hybridized carbons (Fsp3) is 0.455. The van der Waals surface area contributed by atoms with Gasteiger partial charge in [-0.25, -0.2) is 4.99 Å². The lowest BCUT2D eigenvalue weighted by molar-refractivity contribution is 0.790. The second-order valence-electron chi connectivity index (χ2n) is 3.27. The van der Waals surface area contributed by atoms with Gasteiger partial charge >= 0.3 is 0 Å². The summed E-state index contributed by atoms with van der Waals surface area (Å²) in [5, 5.41) is 7.34. The lowest BCUT2D eigenvalue weighted by Gasteiger charge is -2.00. The van der Waals surface area contributed by atoms with Crippen molar-refractivity contribution in [1.82, 2.24) is 0 Å². The molecule has 0 saturated heterocycles. The Morgan fingerprint density at radius 2 is 2.00 bits per heavy atom. The Kier molecular flexibility index (Phi) is 6.37. The van der Waals surface area contributed by atoms with Crippen molar-refractivity contribution in [2.75, 3.05) is 0 Å². The average Bonchev–Trinajstić information content (AvgIpc) is 2.10. The summed E-state index contributed by atoms with van der Waals surface area (Å²) in [6.45, 7) is 9.00. The van der Waals surface area contributed by atoms with Crippen molar-refractivity contribution < 1.29 is 0 Å². The number of amidine groups is 1. The maximum absolute atomic E-state index is 7.34. The third-order valence-electron chi connectivity index (χ3n) is 1.71. The first-order chi connectivity index (χ1) is 6.56. The summed E-state index contributed by atoms with van der Waals surface area (Å²) < 4.78 is 0. The van der Waals surface area contributed by atoms with E-state index in [1.807, 2.05) is 6.92 Å². The zero-order valence-corrected chi connectivity index (χ0v) is 8.84. The Morgan fingerprint density at radius 1 is 1.43 bits per heavy atom. The van der Waals surface area contributed by atoms with Crippen LogP contribution in [0.15, 0.2) is 29.9 Å². The van der Waals surface area contributed by atoms with E-state index in [1.54, 1.807) is 6.08 Å². The van der Waals surface area contributed by atoms with Crippen molar-refractivity contribution in [2.24, 2.45) is 10.7 Å². The molecule has 0 atom stereocenters. The number of nitrogens with one attached hydrogen (secondary N) is 1. The van der Waals surface area contributed by atoms with Gasteiger partial charge in [0, 0.05) is 17.8 Å². The Labute approximate surface area is 85.9 Å². The third-order valence-corrected chi connectivity index (χ3v) is 1.71. The molecule has 0 aliphatic rings. The van der Waals surface area contributed by atoms with Crippen LogP contribution in [0.5, 0.6) is 0 Å². The average molecular weight is 193 g/mol. The molecule has 3 nitrogen and oxygen atoms in total. The van der Waals surface area contributed by atoms with Gasteiger partial charge in [0.25, 0.3) is 0 Å². The minimum Gasteiger partial charge on any atom is -0.387 e. The van der Waals surface area contributed by atoms with Crippen molar-refractivity contribution in [3.63, 3.8) is 0 Å². The number of nitrogens with two attached hydrogens (primary N) is 1. The minimum absolute atomic E-state index is 0.584. The summed E-state index contributed by atoms with van der Waals surface area (Å²) in [6.07, 6.45) is 5.03. The van der Waals surface area contributed by atoms with Crippen LogP contribution in [0.4, 0.5) is 0 Å². The molecule has 14 heavy (non-hydrogen) atoms. The number of rotatable bonds is 7. The number of hydrogen-bond donors (Lipinski definition) is 2. The van der Waals surface area contributed by atoms with Crippen LogP contribution in [-0.4, -0.2) is 11.5 Å². The molecule has 0 aromatic carbocycles. The number of unbranched alkanes of at least 4 members (excludes halogenated alkanes) is 1. The van der Waals surface area contributed by atoms with Gasteiger partial charge < -0.3 is 11.1 Å². The second-order valence-corrected chi connectivity index (χ2v) is 3.27. The molecule has 0 aliphatic heterocycles. The fourth-order valence-corrected chi connectivity index (χ4v) is 1.02. The van der Waals surface area contributed by atoms with E-state index in [-0.39, 0.29) is 0 Å². The lowest BCUT2D eigenvalue weighted by Crippen LogP contribution is -2.11. The molecule has 0 aromatic heterocycles. The van der Waals surface area contributed by atoms with E-state index >= 15 is 0 Å². The van der Waals surface area contributed by atoms with Gasteiger partial charge in [-0.3, -0.25) is 0 Å². The summed E-state index contributed by atoms with van der Waals surface area (Å²) >= 11 is 0. The van der Waals surface area contributed by atoms with Crippen molar-refractivity contribution in [3.05, 3.63) is 24.9 Å². The molecular formula is C11H19N3. The lowest BCUT2D eigenvalue weighted by atomic mass is 10.1.